The van der Waals surface area contributed by atoms with Crippen LogP contribution in [0.2, 0.25) is 0 Å². The third kappa shape index (κ3) is 2.56. The Morgan fingerprint density at radius 2 is 2.00 bits per heavy atom. The van der Waals surface area contributed by atoms with Crippen molar-refractivity contribution >= 4 is 11.8 Å². The van der Waals surface area contributed by atoms with E-state index < -0.39 is 11.9 Å². The molecule has 6 nitrogen and oxygen atoms in total. The standard InChI is InChI=1S/C18H16O6/c1-9(19)11-4-6-15-17(18(11)22)12(8-16(21)24-15)10-3-5-14(23-2)13(20)7-10/h3-7,12,20,22H,8H2,1-2H3/t12-/m0/s1. The zero-order valence-corrected chi connectivity index (χ0v) is 13.2. The number of hydrogen-bond acceptors (Lipinski definition) is 6. The maximum Gasteiger partial charge on any atom is 0.312 e. The molecule has 1 aliphatic heterocycles. The van der Waals surface area contributed by atoms with Gasteiger partial charge < -0.3 is 19.7 Å². The summed E-state index contributed by atoms with van der Waals surface area (Å²) in [6, 6.07) is 7.68. The molecule has 0 bridgehead atoms. The lowest BCUT2D eigenvalue weighted by molar-refractivity contribution is -0.135. The molecule has 0 unspecified atom stereocenters. The first-order chi connectivity index (χ1) is 11.4. The van der Waals surface area contributed by atoms with E-state index in [1.54, 1.807) is 12.1 Å². The number of carbonyl (C=O) groups excluding carboxylic acids is 2. The molecule has 2 N–H and O–H groups in total. The molecule has 0 saturated carbocycles. The summed E-state index contributed by atoms with van der Waals surface area (Å²) in [6.45, 7) is 1.35. The molecule has 6 heteroatoms. The van der Waals surface area contributed by atoms with Crippen LogP contribution in [0.4, 0.5) is 0 Å². The predicted molar refractivity (Wildman–Crippen MR) is 84.9 cm³/mol. The summed E-state index contributed by atoms with van der Waals surface area (Å²) in [6.07, 6.45) is -0.00626. The second-order valence-electron chi connectivity index (χ2n) is 5.59. The van der Waals surface area contributed by atoms with Gasteiger partial charge in [0, 0.05) is 11.5 Å². The van der Waals surface area contributed by atoms with Crippen LogP contribution in [0.5, 0.6) is 23.0 Å². The molecule has 3 rings (SSSR count). The van der Waals surface area contributed by atoms with Gasteiger partial charge in [-0.3, -0.25) is 9.59 Å². The summed E-state index contributed by atoms with van der Waals surface area (Å²) in [7, 11) is 1.44. The Hall–Kier alpha value is -3.02. The fourth-order valence-electron chi connectivity index (χ4n) is 2.94. The number of benzene rings is 2. The zero-order valence-electron chi connectivity index (χ0n) is 13.2. The first-order valence-corrected chi connectivity index (χ1v) is 7.36. The minimum atomic E-state index is -0.530. The van der Waals surface area contributed by atoms with Crippen molar-refractivity contribution in [2.24, 2.45) is 0 Å². The Kier molecular flexibility index (Phi) is 3.89. The highest BCUT2D eigenvalue weighted by atomic mass is 16.5. The molecule has 124 valence electrons. The minimum absolute atomic E-state index is 0.00626. The smallest absolute Gasteiger partial charge is 0.312 e. The van der Waals surface area contributed by atoms with Gasteiger partial charge in [0.15, 0.2) is 17.3 Å². The van der Waals surface area contributed by atoms with Gasteiger partial charge >= 0.3 is 5.97 Å². The normalized spacial score (nSPS) is 16.2. The zero-order chi connectivity index (χ0) is 17.4. The van der Waals surface area contributed by atoms with E-state index in [2.05, 4.69) is 0 Å². The van der Waals surface area contributed by atoms with Gasteiger partial charge in [-0.2, -0.15) is 0 Å². The Bertz CT molecular complexity index is 840. The topological polar surface area (TPSA) is 93.1 Å². The van der Waals surface area contributed by atoms with E-state index in [0.29, 0.717) is 16.9 Å². The van der Waals surface area contributed by atoms with Crippen LogP contribution in [-0.4, -0.2) is 29.1 Å². The lowest BCUT2D eigenvalue weighted by atomic mass is 9.84. The summed E-state index contributed by atoms with van der Waals surface area (Å²) in [5.74, 6) is -1.02. The van der Waals surface area contributed by atoms with Crippen LogP contribution in [0.15, 0.2) is 30.3 Å². The van der Waals surface area contributed by atoms with E-state index in [4.69, 9.17) is 9.47 Å². The maximum atomic E-state index is 11.9. The molecule has 2 aromatic rings. The molecule has 2 aromatic carbocycles. The van der Waals surface area contributed by atoms with Crippen molar-refractivity contribution in [1.29, 1.82) is 0 Å². The first kappa shape index (κ1) is 15.9. The van der Waals surface area contributed by atoms with Crippen LogP contribution in [-0.2, 0) is 4.79 Å². The van der Waals surface area contributed by atoms with Crippen molar-refractivity contribution < 1.29 is 29.3 Å². The number of phenolic OH excluding ortho intramolecular Hbond substituents is 2. The number of rotatable bonds is 3. The van der Waals surface area contributed by atoms with Crippen LogP contribution in [0, 0.1) is 0 Å². The highest BCUT2D eigenvalue weighted by Gasteiger charge is 2.33. The van der Waals surface area contributed by atoms with Gasteiger partial charge in [0.2, 0.25) is 0 Å². The maximum absolute atomic E-state index is 11.9. The molecule has 0 aliphatic carbocycles. The monoisotopic (exact) mass is 328 g/mol. The van der Waals surface area contributed by atoms with Crippen molar-refractivity contribution in [1.82, 2.24) is 0 Å². The number of Topliss-reactive ketones (excluding diaryl/α,β-unsaturated/α-hetero) is 1. The number of carbonyl (C=O) groups is 2. The Morgan fingerprint density at radius 3 is 2.62 bits per heavy atom. The Labute approximate surface area is 138 Å². The molecule has 1 heterocycles. The van der Waals surface area contributed by atoms with Gasteiger partial charge in [0.05, 0.1) is 19.1 Å². The average molecular weight is 328 g/mol. The lowest BCUT2D eigenvalue weighted by Crippen LogP contribution is -2.21. The summed E-state index contributed by atoms with van der Waals surface area (Å²) in [4.78, 5) is 23.6. The van der Waals surface area contributed by atoms with E-state index in [1.165, 1.54) is 32.2 Å². The van der Waals surface area contributed by atoms with E-state index in [0.717, 1.165) is 0 Å². The Balaban J connectivity index is 2.17. The highest BCUT2D eigenvalue weighted by molar-refractivity contribution is 5.98. The fourth-order valence-corrected chi connectivity index (χ4v) is 2.94. The van der Waals surface area contributed by atoms with Crippen molar-refractivity contribution in [3.63, 3.8) is 0 Å². The quantitative estimate of drug-likeness (QED) is 0.511. The third-order valence-electron chi connectivity index (χ3n) is 4.10. The van der Waals surface area contributed by atoms with Crippen molar-refractivity contribution in [2.75, 3.05) is 7.11 Å². The van der Waals surface area contributed by atoms with E-state index in [-0.39, 0.29) is 35.0 Å². The summed E-state index contributed by atoms with van der Waals surface area (Å²) >= 11 is 0. The number of hydrogen-bond donors (Lipinski definition) is 2. The molecule has 0 aromatic heterocycles. The SMILES string of the molecule is COc1ccc([C@@H]2CC(=O)Oc3ccc(C(C)=O)c(O)c32)cc1O. The molecular formula is C18H16O6. The van der Waals surface area contributed by atoms with Gasteiger partial charge in [-0.1, -0.05) is 6.07 Å². The molecule has 0 spiro atoms. The second-order valence-corrected chi connectivity index (χ2v) is 5.59. The summed E-state index contributed by atoms with van der Waals surface area (Å²) in [5, 5.41) is 20.5. The number of ether oxygens (including phenoxy) is 2. The number of methoxy groups -OCH3 is 1. The average Bonchev–Trinajstić information content (AvgIpc) is 2.53. The first-order valence-electron chi connectivity index (χ1n) is 7.36. The lowest BCUT2D eigenvalue weighted by Gasteiger charge is -2.26. The van der Waals surface area contributed by atoms with Gasteiger partial charge in [-0.15, -0.1) is 0 Å². The predicted octanol–water partition coefficient (Wildman–Crippen LogP) is 2.75. The van der Waals surface area contributed by atoms with E-state index in [9.17, 15) is 19.8 Å². The van der Waals surface area contributed by atoms with Gasteiger partial charge in [-0.05, 0) is 36.8 Å². The molecule has 0 fully saturated rings. The van der Waals surface area contributed by atoms with E-state index >= 15 is 0 Å². The summed E-state index contributed by atoms with van der Waals surface area (Å²) in [5.41, 5.74) is 1.14. The molecule has 0 amide bonds. The highest BCUT2D eigenvalue weighted by Crippen LogP contribution is 2.46. The number of ketones is 1. The Morgan fingerprint density at radius 1 is 1.25 bits per heavy atom. The molecule has 1 aliphatic rings. The van der Waals surface area contributed by atoms with Crippen LogP contribution >= 0.6 is 0 Å². The van der Waals surface area contributed by atoms with Crippen LogP contribution in [0.3, 0.4) is 0 Å². The van der Waals surface area contributed by atoms with Crippen LogP contribution in [0.25, 0.3) is 0 Å². The van der Waals surface area contributed by atoms with Crippen molar-refractivity contribution in [2.45, 2.75) is 19.3 Å². The molecule has 24 heavy (non-hydrogen) atoms. The number of phenols is 2. The van der Waals surface area contributed by atoms with Gasteiger partial charge in [-0.25, -0.2) is 0 Å². The van der Waals surface area contributed by atoms with E-state index in [1.807, 2.05) is 0 Å². The van der Waals surface area contributed by atoms with Crippen molar-refractivity contribution in [3.8, 4) is 23.0 Å². The van der Waals surface area contributed by atoms with Gasteiger partial charge in [0.1, 0.15) is 11.5 Å². The largest absolute Gasteiger partial charge is 0.507 e. The molecular weight excluding hydrogens is 312 g/mol. The molecule has 0 radical (unpaired) electrons. The number of aromatic hydroxyl groups is 2. The minimum Gasteiger partial charge on any atom is -0.507 e. The van der Waals surface area contributed by atoms with Crippen LogP contribution < -0.4 is 9.47 Å². The third-order valence-corrected chi connectivity index (χ3v) is 4.10. The molecule has 0 saturated heterocycles. The molecule has 1 atom stereocenters. The van der Waals surface area contributed by atoms with Crippen molar-refractivity contribution in [3.05, 3.63) is 47.0 Å². The summed E-state index contributed by atoms with van der Waals surface area (Å²) < 4.78 is 10.2. The van der Waals surface area contributed by atoms with Crippen LogP contribution in [0.1, 0.15) is 40.7 Å². The van der Waals surface area contributed by atoms with Gasteiger partial charge in [0.25, 0.3) is 0 Å². The number of fused-ring (bicyclic) bond motifs is 1. The second kappa shape index (κ2) is 5.88. The number of esters is 1. The fraction of sp³-hybridized carbons (Fsp3) is 0.222.